The molecular weight excluding hydrogens is 362 g/mol. The Morgan fingerprint density at radius 2 is 1.85 bits per heavy atom. The van der Waals surface area contributed by atoms with Crippen molar-refractivity contribution < 1.29 is 4.79 Å². The highest BCUT2D eigenvalue weighted by molar-refractivity contribution is 8.17. The first-order valence-electron chi connectivity index (χ1n) is 7.97. The molecule has 2 aromatic rings. The van der Waals surface area contributed by atoms with Crippen LogP contribution in [0.3, 0.4) is 0 Å². The zero-order valence-electron chi connectivity index (χ0n) is 14.0. The molecule has 2 aromatic carbocycles. The summed E-state index contributed by atoms with van der Waals surface area (Å²) < 4.78 is 0. The molecule has 2 aliphatic heterocycles. The average molecular weight is 377 g/mol. The first kappa shape index (κ1) is 16.9. The maximum absolute atomic E-state index is 12.5. The van der Waals surface area contributed by atoms with Crippen LogP contribution in [0.2, 0.25) is 0 Å². The van der Waals surface area contributed by atoms with Gasteiger partial charge in [-0.1, -0.05) is 54.2 Å². The van der Waals surface area contributed by atoms with Gasteiger partial charge in [0, 0.05) is 10.3 Å². The molecule has 0 aliphatic carbocycles. The minimum absolute atomic E-state index is 0.161. The van der Waals surface area contributed by atoms with E-state index >= 15 is 0 Å². The molecule has 26 heavy (non-hydrogen) atoms. The van der Waals surface area contributed by atoms with E-state index in [1.807, 2.05) is 66.3 Å². The van der Waals surface area contributed by atoms with Crippen LogP contribution in [0, 0.1) is 5.41 Å². The average Bonchev–Trinajstić information content (AvgIpc) is 3.10. The van der Waals surface area contributed by atoms with Gasteiger partial charge < -0.3 is 0 Å². The van der Waals surface area contributed by atoms with Crippen LogP contribution in [0.25, 0.3) is 11.8 Å². The van der Waals surface area contributed by atoms with Gasteiger partial charge in [-0.15, -0.1) is 11.8 Å². The number of amides is 1. The molecule has 0 spiro atoms. The highest BCUT2D eigenvalue weighted by Crippen LogP contribution is 2.37. The van der Waals surface area contributed by atoms with Crippen molar-refractivity contribution in [3.8, 4) is 0 Å². The summed E-state index contributed by atoms with van der Waals surface area (Å²) in [6.45, 7) is 0. The van der Waals surface area contributed by atoms with Crippen molar-refractivity contribution >= 4 is 52.2 Å². The second-order valence-electron chi connectivity index (χ2n) is 5.70. The number of aliphatic imine (C=N–C) groups is 1. The molecule has 0 saturated heterocycles. The van der Waals surface area contributed by atoms with Crippen molar-refractivity contribution in [3.05, 3.63) is 76.7 Å². The summed E-state index contributed by atoms with van der Waals surface area (Å²) in [7, 11) is 0. The fourth-order valence-electron chi connectivity index (χ4n) is 2.78. The standard InChI is InChI=1S/C20H15N3OS2/c1-25-15-9-7-13(8-10-15)11-16-18(21)23-17(14-5-3-2-4-6-14)12-26-20(23)22-19(16)24/h2-12,21H,1H3/b16-11-,21-18?. The van der Waals surface area contributed by atoms with E-state index in [-0.39, 0.29) is 11.7 Å². The second-order valence-corrected chi connectivity index (χ2v) is 7.42. The first-order valence-corrected chi connectivity index (χ1v) is 10.1. The number of hydrogen-bond acceptors (Lipinski definition) is 4. The minimum Gasteiger partial charge on any atom is -0.283 e. The van der Waals surface area contributed by atoms with Crippen molar-refractivity contribution in [2.45, 2.75) is 4.90 Å². The van der Waals surface area contributed by atoms with E-state index in [4.69, 9.17) is 5.41 Å². The Bertz CT molecular complexity index is 976. The van der Waals surface area contributed by atoms with E-state index in [2.05, 4.69) is 4.99 Å². The van der Waals surface area contributed by atoms with E-state index in [0.717, 1.165) is 21.7 Å². The van der Waals surface area contributed by atoms with Crippen molar-refractivity contribution in [1.29, 1.82) is 5.41 Å². The predicted octanol–water partition coefficient (Wildman–Crippen LogP) is 4.71. The molecule has 0 bridgehead atoms. The fraction of sp³-hybridized carbons (Fsp3) is 0.0500. The lowest BCUT2D eigenvalue weighted by atomic mass is 10.1. The molecule has 0 saturated carbocycles. The molecule has 2 heterocycles. The summed E-state index contributed by atoms with van der Waals surface area (Å²) >= 11 is 3.04. The van der Waals surface area contributed by atoms with Crippen LogP contribution in [0.5, 0.6) is 0 Å². The van der Waals surface area contributed by atoms with E-state index < -0.39 is 0 Å². The molecule has 2 aliphatic rings. The number of nitrogens with one attached hydrogen (secondary N) is 1. The lowest BCUT2D eigenvalue weighted by Gasteiger charge is -2.26. The summed E-state index contributed by atoms with van der Waals surface area (Å²) in [5.41, 5.74) is 3.05. The van der Waals surface area contributed by atoms with Gasteiger partial charge in [0.05, 0.1) is 11.3 Å². The lowest BCUT2D eigenvalue weighted by Crippen LogP contribution is -2.38. The van der Waals surface area contributed by atoms with Crippen LogP contribution in [-0.2, 0) is 4.79 Å². The topological polar surface area (TPSA) is 56.5 Å². The van der Waals surface area contributed by atoms with Gasteiger partial charge in [0.25, 0.3) is 5.91 Å². The zero-order chi connectivity index (χ0) is 18.1. The molecule has 1 amide bonds. The molecule has 0 fully saturated rings. The van der Waals surface area contributed by atoms with Crippen LogP contribution < -0.4 is 0 Å². The Hall–Kier alpha value is -2.57. The van der Waals surface area contributed by atoms with Gasteiger partial charge in [0.15, 0.2) is 5.17 Å². The Morgan fingerprint density at radius 1 is 1.12 bits per heavy atom. The number of carbonyl (C=O) groups is 1. The first-order chi connectivity index (χ1) is 12.7. The molecule has 0 aromatic heterocycles. The van der Waals surface area contributed by atoms with Gasteiger partial charge in [0.2, 0.25) is 0 Å². The Morgan fingerprint density at radius 3 is 2.54 bits per heavy atom. The lowest BCUT2D eigenvalue weighted by molar-refractivity contribution is -0.114. The van der Waals surface area contributed by atoms with Gasteiger partial charge in [-0.3, -0.25) is 15.1 Å². The van der Waals surface area contributed by atoms with Crippen LogP contribution in [0.4, 0.5) is 0 Å². The molecule has 0 atom stereocenters. The molecule has 128 valence electrons. The predicted molar refractivity (Wildman–Crippen MR) is 110 cm³/mol. The van der Waals surface area contributed by atoms with Crippen LogP contribution in [-0.4, -0.2) is 28.1 Å². The molecule has 4 rings (SSSR count). The number of fused-ring (bicyclic) bond motifs is 1. The molecule has 0 unspecified atom stereocenters. The van der Waals surface area contributed by atoms with E-state index in [1.54, 1.807) is 22.7 Å². The summed E-state index contributed by atoms with van der Waals surface area (Å²) in [4.78, 5) is 19.5. The Labute approximate surface area is 160 Å². The van der Waals surface area contributed by atoms with Gasteiger partial charge in [-0.2, -0.15) is 4.99 Å². The number of benzene rings is 2. The number of carbonyl (C=O) groups excluding carboxylic acids is 1. The normalized spacial score (nSPS) is 18.0. The summed E-state index contributed by atoms with van der Waals surface area (Å²) in [6.07, 6.45) is 3.76. The van der Waals surface area contributed by atoms with E-state index in [1.165, 1.54) is 11.8 Å². The number of thioether (sulfide) groups is 2. The number of nitrogens with zero attached hydrogens (tertiary/aromatic N) is 2. The largest absolute Gasteiger partial charge is 0.283 e. The number of hydrogen-bond donors (Lipinski definition) is 1. The zero-order valence-corrected chi connectivity index (χ0v) is 15.6. The third-order valence-corrected chi connectivity index (χ3v) is 5.68. The van der Waals surface area contributed by atoms with Crippen molar-refractivity contribution in [3.63, 3.8) is 0 Å². The maximum Gasteiger partial charge on any atom is 0.283 e. The van der Waals surface area contributed by atoms with Gasteiger partial charge in [-0.05, 0) is 35.6 Å². The van der Waals surface area contributed by atoms with Crippen molar-refractivity contribution in [1.82, 2.24) is 4.90 Å². The smallest absolute Gasteiger partial charge is 0.283 e. The molecule has 0 radical (unpaired) electrons. The Balaban J connectivity index is 1.71. The highest BCUT2D eigenvalue weighted by Gasteiger charge is 2.36. The molecule has 1 N–H and O–H groups in total. The summed E-state index contributed by atoms with van der Waals surface area (Å²) in [5, 5.41) is 11.1. The van der Waals surface area contributed by atoms with E-state index in [9.17, 15) is 4.79 Å². The van der Waals surface area contributed by atoms with Crippen molar-refractivity contribution in [2.24, 2.45) is 4.99 Å². The Kier molecular flexibility index (Phi) is 4.53. The number of amidine groups is 2. The summed E-state index contributed by atoms with van der Waals surface area (Å²) in [6, 6.07) is 17.8. The van der Waals surface area contributed by atoms with Crippen LogP contribution in [0.1, 0.15) is 11.1 Å². The van der Waals surface area contributed by atoms with Gasteiger partial charge >= 0.3 is 0 Å². The maximum atomic E-state index is 12.5. The van der Waals surface area contributed by atoms with Gasteiger partial charge in [0.1, 0.15) is 5.84 Å². The van der Waals surface area contributed by atoms with Crippen molar-refractivity contribution in [2.75, 3.05) is 6.26 Å². The second kappa shape index (κ2) is 6.97. The summed E-state index contributed by atoms with van der Waals surface area (Å²) in [5.74, 6) is -0.209. The van der Waals surface area contributed by atoms with Crippen LogP contribution >= 0.6 is 23.5 Å². The fourth-order valence-corrected chi connectivity index (χ4v) is 4.08. The quantitative estimate of drug-likeness (QED) is 0.621. The SMILES string of the molecule is CSc1ccc(/C=C2/C(=N)N3C(c4ccccc4)=CSC3=NC2=O)cc1. The minimum atomic E-state index is -0.370. The van der Waals surface area contributed by atoms with E-state index in [0.29, 0.717) is 10.7 Å². The third kappa shape index (κ3) is 3.02. The molecule has 4 nitrogen and oxygen atoms in total. The molecular formula is C20H15N3OS2. The van der Waals surface area contributed by atoms with Crippen LogP contribution in [0.15, 0.2) is 75.5 Å². The van der Waals surface area contributed by atoms with Gasteiger partial charge in [-0.25, -0.2) is 0 Å². The highest BCUT2D eigenvalue weighted by atomic mass is 32.2. The number of rotatable bonds is 3. The monoisotopic (exact) mass is 377 g/mol. The third-order valence-electron chi connectivity index (χ3n) is 4.11. The molecule has 6 heteroatoms.